The summed E-state index contributed by atoms with van der Waals surface area (Å²) >= 11 is 0. The fourth-order valence-electron chi connectivity index (χ4n) is 1.06. The summed E-state index contributed by atoms with van der Waals surface area (Å²) in [6.07, 6.45) is 2.58. The molecule has 1 nitrogen and oxygen atoms in total. The average Bonchev–Trinajstić information content (AvgIpc) is 2.07. The fraction of sp³-hybridized carbons (Fsp3) is 0.400. The van der Waals surface area contributed by atoms with Crippen molar-refractivity contribution in [3.63, 3.8) is 0 Å². The molecule has 0 aromatic heterocycles. The maximum absolute atomic E-state index is 2.30. The minimum absolute atomic E-state index is 0. The lowest BCUT2D eigenvalue weighted by atomic mass is 10.3. The Hall–Kier alpha value is -0.530. The van der Waals surface area contributed by atoms with Crippen LogP contribution in [-0.2, 0) is 0 Å². The Balaban J connectivity index is 0.00000121. The van der Waals surface area contributed by atoms with Gasteiger partial charge in [-0.25, -0.2) is 0 Å². The first-order valence-corrected chi connectivity index (χ1v) is 4.31. The maximum atomic E-state index is 2.30. The quantitative estimate of drug-likeness (QED) is 0.443. The zero-order chi connectivity index (χ0) is 7.94. The molecule has 0 spiro atoms. The molecule has 0 unspecified atom stereocenters. The van der Waals surface area contributed by atoms with Gasteiger partial charge in [0, 0.05) is 0 Å². The molecule has 2 N–H and O–H groups in total. The molecule has 0 heterocycles. The van der Waals surface area contributed by atoms with Crippen LogP contribution in [0, 0.1) is 0 Å². The lowest BCUT2D eigenvalue weighted by Gasteiger charge is -1.97. The van der Waals surface area contributed by atoms with Crippen molar-refractivity contribution in [2.45, 2.75) is 19.8 Å². The summed E-state index contributed by atoms with van der Waals surface area (Å²) in [5.74, 6) is 0. The van der Waals surface area contributed by atoms with Crippen LogP contribution in [0.25, 0.3) is 0 Å². The molecule has 0 aliphatic rings. The van der Waals surface area contributed by atoms with Crippen LogP contribution in [0.5, 0.6) is 0 Å². The van der Waals surface area contributed by atoms with Gasteiger partial charge in [-0.2, -0.15) is 0 Å². The van der Waals surface area contributed by atoms with E-state index >= 15 is 0 Å². The molecule has 68 valence electrons. The fourth-order valence-corrected chi connectivity index (χ4v) is 1.06. The van der Waals surface area contributed by atoms with Gasteiger partial charge >= 0.3 is 0 Å². The van der Waals surface area contributed by atoms with Gasteiger partial charge in [-0.15, -0.1) is 0 Å². The van der Waals surface area contributed by atoms with E-state index in [0.29, 0.717) is 0 Å². The number of unbranched alkanes of at least 4 members (excludes halogenated alkanes) is 1. The van der Waals surface area contributed by atoms with E-state index in [2.05, 4.69) is 42.6 Å². The zero-order valence-electron chi connectivity index (χ0n) is 7.46. The molecule has 0 saturated heterocycles. The molecule has 1 aromatic carbocycles. The van der Waals surface area contributed by atoms with Crippen molar-refractivity contribution >= 4 is 5.69 Å². The molecule has 0 fully saturated rings. The molecule has 12 heavy (non-hydrogen) atoms. The molecule has 0 bridgehead atoms. The van der Waals surface area contributed by atoms with E-state index in [4.69, 9.17) is 0 Å². The van der Waals surface area contributed by atoms with E-state index < -0.39 is 0 Å². The highest BCUT2D eigenvalue weighted by atomic mass is 35.5. The van der Waals surface area contributed by atoms with Crippen molar-refractivity contribution in [3.05, 3.63) is 30.3 Å². The number of para-hydroxylation sites is 1. The van der Waals surface area contributed by atoms with Crippen LogP contribution < -0.4 is 17.7 Å². The van der Waals surface area contributed by atoms with E-state index in [-0.39, 0.29) is 12.4 Å². The van der Waals surface area contributed by atoms with Gasteiger partial charge < -0.3 is 17.7 Å². The number of benzene rings is 1. The summed E-state index contributed by atoms with van der Waals surface area (Å²) < 4.78 is 0. The van der Waals surface area contributed by atoms with Crippen LogP contribution in [0.3, 0.4) is 0 Å². The topological polar surface area (TPSA) is 16.6 Å². The van der Waals surface area contributed by atoms with Crippen molar-refractivity contribution in [1.29, 1.82) is 0 Å². The lowest BCUT2D eigenvalue weighted by molar-refractivity contribution is -0.571. The van der Waals surface area contributed by atoms with Crippen LogP contribution in [0.4, 0.5) is 5.69 Å². The van der Waals surface area contributed by atoms with Crippen molar-refractivity contribution in [2.24, 2.45) is 0 Å². The second-order valence-corrected chi connectivity index (χ2v) is 2.76. The highest BCUT2D eigenvalue weighted by Crippen LogP contribution is 1.95. The molecule has 1 aromatic rings. The second kappa shape index (κ2) is 7.14. The van der Waals surface area contributed by atoms with Crippen molar-refractivity contribution in [3.8, 4) is 0 Å². The summed E-state index contributed by atoms with van der Waals surface area (Å²) in [7, 11) is 0. The van der Waals surface area contributed by atoms with Crippen molar-refractivity contribution < 1.29 is 17.7 Å². The number of halogens is 1. The third-order valence-electron chi connectivity index (χ3n) is 1.74. The Kier molecular flexibility index (Phi) is 6.82. The SMILES string of the molecule is CCCC[NH2+]c1ccccc1.[Cl-]. The normalized spacial score (nSPS) is 9.08. The van der Waals surface area contributed by atoms with Gasteiger partial charge in [0.15, 0.2) is 0 Å². The minimum atomic E-state index is 0. The monoisotopic (exact) mass is 185 g/mol. The standard InChI is InChI=1S/C10H15N.ClH/c1-2-3-9-11-10-7-5-4-6-8-10;/h4-8,11H,2-3,9H2,1H3;1H. The smallest absolute Gasteiger partial charge is 0.129 e. The van der Waals surface area contributed by atoms with Crippen LogP contribution in [0.15, 0.2) is 30.3 Å². The molecule has 0 radical (unpaired) electrons. The van der Waals surface area contributed by atoms with Gasteiger partial charge in [-0.3, -0.25) is 0 Å². The molecule has 2 heteroatoms. The van der Waals surface area contributed by atoms with Gasteiger partial charge in [0.05, 0.1) is 6.54 Å². The molecule has 0 aliphatic carbocycles. The summed E-state index contributed by atoms with van der Waals surface area (Å²) in [5, 5.41) is 2.30. The van der Waals surface area contributed by atoms with Crippen LogP contribution >= 0.6 is 0 Å². The van der Waals surface area contributed by atoms with Gasteiger partial charge in [0.1, 0.15) is 5.69 Å². The van der Waals surface area contributed by atoms with Gasteiger partial charge in [-0.1, -0.05) is 31.5 Å². The third-order valence-corrected chi connectivity index (χ3v) is 1.74. The van der Waals surface area contributed by atoms with E-state index in [0.717, 1.165) is 0 Å². The minimum Gasteiger partial charge on any atom is -1.00 e. The van der Waals surface area contributed by atoms with Gasteiger partial charge in [-0.05, 0) is 18.6 Å². The number of quaternary nitrogens is 1. The van der Waals surface area contributed by atoms with E-state index in [1.165, 1.54) is 25.1 Å². The first-order chi connectivity index (χ1) is 5.43. The maximum Gasteiger partial charge on any atom is 0.129 e. The van der Waals surface area contributed by atoms with Crippen molar-refractivity contribution in [2.75, 3.05) is 6.54 Å². The van der Waals surface area contributed by atoms with Gasteiger partial charge in [0.25, 0.3) is 0 Å². The average molecular weight is 186 g/mol. The highest BCUT2D eigenvalue weighted by Gasteiger charge is 1.91. The number of rotatable bonds is 4. The molecule has 0 saturated carbocycles. The van der Waals surface area contributed by atoms with E-state index in [1.54, 1.807) is 0 Å². The lowest BCUT2D eigenvalue weighted by Crippen LogP contribution is -3.00. The Morgan fingerprint density at radius 3 is 2.42 bits per heavy atom. The third kappa shape index (κ3) is 4.37. The first-order valence-electron chi connectivity index (χ1n) is 4.31. The Labute approximate surface area is 80.6 Å². The molecular weight excluding hydrogens is 170 g/mol. The zero-order valence-corrected chi connectivity index (χ0v) is 8.22. The molecule has 1 rings (SSSR count). The van der Waals surface area contributed by atoms with Crippen LogP contribution in [0.1, 0.15) is 19.8 Å². The predicted octanol–water partition coefficient (Wildman–Crippen LogP) is -1.31. The first kappa shape index (κ1) is 11.5. The number of hydrogen-bond donors (Lipinski definition) is 1. The number of hydrogen-bond acceptors (Lipinski definition) is 0. The summed E-state index contributed by atoms with van der Waals surface area (Å²) in [6, 6.07) is 10.5. The molecule has 0 amide bonds. The summed E-state index contributed by atoms with van der Waals surface area (Å²) in [6.45, 7) is 3.43. The van der Waals surface area contributed by atoms with Crippen LogP contribution in [0.2, 0.25) is 0 Å². The second-order valence-electron chi connectivity index (χ2n) is 2.76. The Morgan fingerprint density at radius 2 is 1.83 bits per heavy atom. The molecular formula is C10H16ClN. The summed E-state index contributed by atoms with van der Waals surface area (Å²) in [4.78, 5) is 0. The molecule has 0 aliphatic heterocycles. The highest BCUT2D eigenvalue weighted by molar-refractivity contribution is 5.26. The van der Waals surface area contributed by atoms with E-state index in [1.807, 2.05) is 0 Å². The predicted molar refractivity (Wildman–Crippen MR) is 47.8 cm³/mol. The van der Waals surface area contributed by atoms with Gasteiger partial charge in [0.2, 0.25) is 0 Å². The van der Waals surface area contributed by atoms with E-state index in [9.17, 15) is 0 Å². The Morgan fingerprint density at radius 1 is 1.17 bits per heavy atom. The number of nitrogens with two attached hydrogens (primary N) is 1. The summed E-state index contributed by atoms with van der Waals surface area (Å²) in [5.41, 5.74) is 1.35. The Bertz CT molecular complexity index is 186. The largest absolute Gasteiger partial charge is 1.00 e. The molecule has 0 atom stereocenters. The van der Waals surface area contributed by atoms with Crippen molar-refractivity contribution in [1.82, 2.24) is 0 Å². The van der Waals surface area contributed by atoms with Crippen LogP contribution in [-0.4, -0.2) is 6.54 Å².